The van der Waals surface area contributed by atoms with E-state index in [0.29, 0.717) is 6.42 Å². The van der Waals surface area contributed by atoms with Gasteiger partial charge in [-0.25, -0.2) is 4.57 Å². The Morgan fingerprint density at radius 3 is 1.02 bits per heavy atom. The van der Waals surface area contributed by atoms with Crippen molar-refractivity contribution in [3.63, 3.8) is 0 Å². The molecule has 0 saturated carbocycles. The summed E-state index contributed by atoms with van der Waals surface area (Å²) in [5.74, 6) is -0.838. The molecule has 80 heavy (non-hydrogen) atoms. The van der Waals surface area contributed by atoms with E-state index in [1.165, 1.54) is 225 Å². The Hall–Kier alpha value is -2.29. The fourth-order valence-corrected chi connectivity index (χ4v) is 10.9. The number of hydrogen-bond donors (Lipinski definition) is 2. The van der Waals surface area contributed by atoms with Crippen molar-refractivity contribution in [2.45, 2.75) is 347 Å². The first-order chi connectivity index (χ1) is 39.3. The molecule has 0 saturated heterocycles. The minimum atomic E-state index is -4.40. The molecule has 0 rings (SSSR count). The van der Waals surface area contributed by atoms with Gasteiger partial charge in [-0.2, -0.15) is 0 Å². The molecule has 2 unspecified atom stereocenters. The van der Waals surface area contributed by atoms with Gasteiger partial charge in [-0.3, -0.25) is 18.6 Å². The number of allylic oxidation sites excluding steroid dienone is 10. The van der Waals surface area contributed by atoms with Gasteiger partial charge in [0.25, 0.3) is 0 Å². The minimum Gasteiger partial charge on any atom is -0.462 e. The molecule has 0 fully saturated rings. The van der Waals surface area contributed by atoms with Crippen LogP contribution in [0.3, 0.4) is 0 Å². The van der Waals surface area contributed by atoms with Crippen molar-refractivity contribution >= 4 is 19.8 Å². The number of rotatable bonds is 65. The number of hydrogen-bond acceptors (Lipinski definition) is 8. The van der Waals surface area contributed by atoms with E-state index in [2.05, 4.69) is 74.6 Å². The average molecular weight is 1140 g/mol. The Kier molecular flexibility index (Phi) is 64.0. The van der Waals surface area contributed by atoms with Crippen LogP contribution >= 0.6 is 7.82 Å². The number of ether oxygens (including phenoxy) is 2. The van der Waals surface area contributed by atoms with Gasteiger partial charge in [0.05, 0.1) is 13.2 Å². The zero-order chi connectivity index (χ0) is 58.0. The van der Waals surface area contributed by atoms with Crippen LogP contribution in [0.4, 0.5) is 0 Å². The number of phosphoric acid groups is 1. The minimum absolute atomic E-state index is 0.0487. The fraction of sp³-hybridized carbons (Fsp3) is 0.829. The second-order valence-electron chi connectivity index (χ2n) is 23.0. The molecule has 0 aromatic rings. The van der Waals surface area contributed by atoms with Crippen LogP contribution in [-0.2, 0) is 32.7 Å². The largest absolute Gasteiger partial charge is 0.472 e. The van der Waals surface area contributed by atoms with E-state index in [1.54, 1.807) is 0 Å². The smallest absolute Gasteiger partial charge is 0.462 e. The molecular weight excluding hydrogens is 1010 g/mol. The van der Waals surface area contributed by atoms with Crippen LogP contribution in [0.25, 0.3) is 0 Å². The summed E-state index contributed by atoms with van der Waals surface area (Å²) in [6.07, 6.45) is 84.8. The van der Waals surface area contributed by atoms with Crippen LogP contribution < -0.4 is 5.73 Å². The molecule has 10 heteroatoms. The zero-order valence-electron chi connectivity index (χ0n) is 52.6. The molecule has 0 aliphatic rings. The number of carbonyl (C=O) groups is 2. The molecule has 468 valence electrons. The van der Waals surface area contributed by atoms with Crippen molar-refractivity contribution in [3.05, 3.63) is 60.8 Å². The zero-order valence-corrected chi connectivity index (χ0v) is 53.5. The molecule has 0 heterocycles. The first kappa shape index (κ1) is 77.7. The van der Waals surface area contributed by atoms with Crippen molar-refractivity contribution in [2.24, 2.45) is 5.73 Å². The van der Waals surface area contributed by atoms with E-state index >= 15 is 0 Å². The average Bonchev–Trinajstić information content (AvgIpc) is 3.45. The van der Waals surface area contributed by atoms with E-state index in [4.69, 9.17) is 24.3 Å². The van der Waals surface area contributed by atoms with Gasteiger partial charge in [-0.1, -0.05) is 331 Å². The summed E-state index contributed by atoms with van der Waals surface area (Å²) < 4.78 is 33.1. The Bertz CT molecular complexity index is 1490. The molecular formula is C70H130NO8P. The molecule has 0 radical (unpaired) electrons. The number of nitrogens with two attached hydrogens (primary N) is 1. The Morgan fingerprint density at radius 2 is 0.688 bits per heavy atom. The van der Waals surface area contributed by atoms with Crippen LogP contribution in [0.15, 0.2) is 60.8 Å². The lowest BCUT2D eigenvalue weighted by Gasteiger charge is -2.19. The van der Waals surface area contributed by atoms with Crippen LogP contribution in [0.5, 0.6) is 0 Å². The molecule has 0 aromatic heterocycles. The molecule has 0 aliphatic heterocycles. The summed E-state index contributed by atoms with van der Waals surface area (Å²) in [4.78, 5) is 35.3. The normalized spacial score (nSPS) is 13.3. The topological polar surface area (TPSA) is 134 Å². The quantitative estimate of drug-likeness (QED) is 0.0264. The highest BCUT2D eigenvalue weighted by molar-refractivity contribution is 7.47. The predicted molar refractivity (Wildman–Crippen MR) is 344 cm³/mol. The Balaban J connectivity index is 3.79. The Labute approximate surface area is 495 Å². The number of esters is 2. The van der Waals surface area contributed by atoms with Crippen molar-refractivity contribution in [1.29, 1.82) is 0 Å². The second-order valence-corrected chi connectivity index (χ2v) is 24.5. The van der Waals surface area contributed by atoms with E-state index < -0.39 is 26.5 Å². The summed E-state index contributed by atoms with van der Waals surface area (Å²) in [7, 11) is -4.40. The van der Waals surface area contributed by atoms with Gasteiger partial charge < -0.3 is 20.1 Å². The standard InChI is InChI=1S/C70H130NO8P/c1-3-5-7-9-11-13-15-17-19-21-23-25-26-27-28-29-30-31-32-33-34-35-36-37-38-39-40-41-43-44-46-48-50-52-54-56-58-60-62-69(72)76-66-68(67-78-80(74,75)77-65-64-71)79-70(73)63-61-59-57-55-53-51-49-47-45-42-24-22-20-18-16-14-12-10-8-6-4-2/h6,8,12,14,18,20,24,42,47,49,68H,3-5,7,9-11,13,15-17,19,21-23,25-41,43-46,48,50-67,71H2,1-2H3,(H,74,75)/b8-6-,14-12-,20-18-,42-24-,49-47-. The summed E-state index contributed by atoms with van der Waals surface area (Å²) >= 11 is 0. The van der Waals surface area contributed by atoms with Crippen molar-refractivity contribution < 1.29 is 37.6 Å². The maximum absolute atomic E-state index is 12.7. The molecule has 0 bridgehead atoms. The number of phosphoric ester groups is 1. The maximum Gasteiger partial charge on any atom is 0.472 e. The third-order valence-corrected chi connectivity index (χ3v) is 16.2. The molecule has 0 aliphatic carbocycles. The SMILES string of the molecule is CC/C=C\C/C=C\C/C=C\C/C=C\C/C=C\CCCCCCCC(=O)OC(COC(=O)CCCCCCCCCCCCCCCCCCCCCCCCCCCCCCCCCCCCCCCC)COP(=O)(O)OCCN. The van der Waals surface area contributed by atoms with E-state index in [-0.39, 0.29) is 38.6 Å². The predicted octanol–water partition coefficient (Wildman–Crippen LogP) is 22.2. The van der Waals surface area contributed by atoms with Gasteiger partial charge in [-0.05, 0) is 57.8 Å². The first-order valence-corrected chi connectivity index (χ1v) is 35.8. The Morgan fingerprint density at radius 1 is 0.388 bits per heavy atom. The lowest BCUT2D eigenvalue weighted by atomic mass is 10.0. The van der Waals surface area contributed by atoms with Crippen LogP contribution in [0.1, 0.15) is 341 Å². The van der Waals surface area contributed by atoms with Crippen molar-refractivity contribution in [2.75, 3.05) is 26.4 Å². The molecule has 0 spiro atoms. The maximum atomic E-state index is 12.7. The highest BCUT2D eigenvalue weighted by Crippen LogP contribution is 2.43. The van der Waals surface area contributed by atoms with Gasteiger partial charge in [0.2, 0.25) is 0 Å². The van der Waals surface area contributed by atoms with E-state index in [1.807, 2.05) is 0 Å². The van der Waals surface area contributed by atoms with E-state index in [0.717, 1.165) is 83.5 Å². The summed E-state index contributed by atoms with van der Waals surface area (Å²) in [6, 6.07) is 0. The van der Waals surface area contributed by atoms with E-state index in [9.17, 15) is 19.0 Å². The van der Waals surface area contributed by atoms with Crippen molar-refractivity contribution in [3.8, 4) is 0 Å². The third-order valence-electron chi connectivity index (χ3n) is 15.2. The molecule has 0 amide bonds. The van der Waals surface area contributed by atoms with Crippen LogP contribution in [0, 0.1) is 0 Å². The number of carbonyl (C=O) groups excluding carboxylic acids is 2. The monoisotopic (exact) mass is 1140 g/mol. The lowest BCUT2D eigenvalue weighted by molar-refractivity contribution is -0.161. The van der Waals surface area contributed by atoms with Crippen LogP contribution in [-0.4, -0.2) is 49.3 Å². The lowest BCUT2D eigenvalue weighted by Crippen LogP contribution is -2.29. The van der Waals surface area contributed by atoms with Gasteiger partial charge in [-0.15, -0.1) is 0 Å². The molecule has 2 atom stereocenters. The second kappa shape index (κ2) is 65.9. The highest BCUT2D eigenvalue weighted by Gasteiger charge is 2.26. The summed E-state index contributed by atoms with van der Waals surface area (Å²) in [5, 5.41) is 0. The molecule has 3 N–H and O–H groups in total. The summed E-state index contributed by atoms with van der Waals surface area (Å²) in [6.45, 7) is 3.65. The highest BCUT2D eigenvalue weighted by atomic mass is 31.2. The molecule has 9 nitrogen and oxygen atoms in total. The third kappa shape index (κ3) is 64.9. The fourth-order valence-electron chi connectivity index (χ4n) is 10.1. The van der Waals surface area contributed by atoms with Gasteiger partial charge in [0.1, 0.15) is 6.61 Å². The summed E-state index contributed by atoms with van der Waals surface area (Å²) in [5.41, 5.74) is 5.39. The van der Waals surface area contributed by atoms with Crippen molar-refractivity contribution in [1.82, 2.24) is 0 Å². The number of unbranched alkanes of at least 4 members (excludes halogenated alkanes) is 42. The van der Waals surface area contributed by atoms with Gasteiger partial charge >= 0.3 is 19.8 Å². The van der Waals surface area contributed by atoms with Gasteiger partial charge in [0, 0.05) is 19.4 Å². The van der Waals surface area contributed by atoms with Gasteiger partial charge in [0.15, 0.2) is 6.10 Å². The first-order valence-electron chi connectivity index (χ1n) is 34.3. The van der Waals surface area contributed by atoms with Crippen LogP contribution in [0.2, 0.25) is 0 Å². The molecule has 0 aromatic carbocycles.